The van der Waals surface area contributed by atoms with Crippen molar-refractivity contribution in [2.75, 3.05) is 7.11 Å². The van der Waals surface area contributed by atoms with Gasteiger partial charge in [-0.1, -0.05) is 19.9 Å². The number of hydrogen-bond acceptors (Lipinski definition) is 6. The Hall–Kier alpha value is -2.36. The van der Waals surface area contributed by atoms with E-state index >= 15 is 0 Å². The van der Waals surface area contributed by atoms with Crippen LogP contribution in [0.25, 0.3) is 10.6 Å². The first-order valence-corrected chi connectivity index (χ1v) is 8.77. The normalized spacial score (nSPS) is 22.4. The minimum absolute atomic E-state index is 0.130. The number of aromatic nitrogens is 2. The van der Waals surface area contributed by atoms with E-state index in [9.17, 15) is 10.1 Å². The van der Waals surface area contributed by atoms with E-state index in [1.54, 1.807) is 19.4 Å². The SMILES string of the molecule is COC1(c2nc(C)c(-c3ccccn3)s2)C=C(C#N)C(=O)C(C)(C)C1. The van der Waals surface area contributed by atoms with Gasteiger partial charge in [0.15, 0.2) is 5.78 Å². The first-order valence-electron chi connectivity index (χ1n) is 7.95. The molecule has 1 unspecified atom stereocenters. The first-order chi connectivity index (χ1) is 11.8. The maximum atomic E-state index is 12.4. The highest BCUT2D eigenvalue weighted by atomic mass is 32.1. The molecule has 0 spiro atoms. The molecule has 0 fully saturated rings. The lowest BCUT2D eigenvalue weighted by Gasteiger charge is -2.38. The Morgan fingerprint density at radius 3 is 2.72 bits per heavy atom. The number of ketones is 1. The van der Waals surface area contributed by atoms with Crippen LogP contribution in [0.5, 0.6) is 0 Å². The van der Waals surface area contributed by atoms with Gasteiger partial charge in [-0.15, -0.1) is 11.3 Å². The fourth-order valence-electron chi connectivity index (χ4n) is 3.20. The van der Waals surface area contributed by atoms with Gasteiger partial charge in [0.1, 0.15) is 16.7 Å². The third kappa shape index (κ3) is 2.90. The lowest BCUT2D eigenvalue weighted by Crippen LogP contribution is -2.42. The molecule has 0 N–H and O–H groups in total. The highest BCUT2D eigenvalue weighted by Crippen LogP contribution is 2.47. The van der Waals surface area contributed by atoms with Crippen molar-refractivity contribution in [3.05, 3.63) is 46.7 Å². The summed E-state index contributed by atoms with van der Waals surface area (Å²) < 4.78 is 5.83. The van der Waals surface area contributed by atoms with E-state index in [2.05, 4.69) is 4.98 Å². The number of allylic oxidation sites excluding steroid dienone is 1. The fraction of sp³-hybridized carbons (Fsp3) is 0.368. The molecule has 2 aromatic heterocycles. The molecule has 0 amide bonds. The Morgan fingerprint density at radius 1 is 1.36 bits per heavy atom. The van der Waals surface area contributed by atoms with Crippen LogP contribution >= 0.6 is 11.3 Å². The largest absolute Gasteiger partial charge is 0.367 e. The summed E-state index contributed by atoms with van der Waals surface area (Å²) in [6, 6.07) is 7.76. The van der Waals surface area contributed by atoms with Gasteiger partial charge in [-0.25, -0.2) is 4.98 Å². The van der Waals surface area contributed by atoms with E-state index < -0.39 is 11.0 Å². The lowest BCUT2D eigenvalue weighted by molar-refractivity contribution is -0.128. The van der Waals surface area contributed by atoms with E-state index in [4.69, 9.17) is 9.72 Å². The van der Waals surface area contributed by atoms with Gasteiger partial charge in [0, 0.05) is 18.7 Å². The van der Waals surface area contributed by atoms with Crippen LogP contribution in [0.2, 0.25) is 0 Å². The van der Waals surface area contributed by atoms with E-state index in [1.165, 1.54) is 11.3 Å². The molecular formula is C19H19N3O2S. The second-order valence-electron chi connectivity index (χ2n) is 6.80. The molecule has 2 aromatic rings. The standard InChI is InChI=1S/C19H19N3O2S/c1-12-15(14-7-5-6-8-21-14)25-17(22-12)19(24-4)9-13(10-20)16(23)18(2,3)11-19/h5-9H,11H2,1-4H3. The lowest BCUT2D eigenvalue weighted by atomic mass is 9.70. The predicted octanol–water partition coefficient (Wildman–Crippen LogP) is 3.80. The molecule has 0 bridgehead atoms. The Balaban J connectivity index is 2.15. The third-order valence-electron chi connectivity index (χ3n) is 4.48. The minimum Gasteiger partial charge on any atom is -0.367 e. The molecule has 0 saturated heterocycles. The van der Waals surface area contributed by atoms with Crippen LogP contribution in [0.4, 0.5) is 0 Å². The molecule has 0 radical (unpaired) electrons. The molecule has 0 aromatic carbocycles. The summed E-state index contributed by atoms with van der Waals surface area (Å²) in [5.41, 5.74) is 0.263. The second kappa shape index (κ2) is 6.17. The molecule has 0 aliphatic heterocycles. The summed E-state index contributed by atoms with van der Waals surface area (Å²) in [7, 11) is 1.59. The van der Waals surface area contributed by atoms with E-state index in [-0.39, 0.29) is 11.4 Å². The summed E-state index contributed by atoms with van der Waals surface area (Å²) in [6.07, 6.45) is 3.81. The highest BCUT2D eigenvalue weighted by Gasteiger charge is 2.48. The Morgan fingerprint density at radius 2 is 2.12 bits per heavy atom. The molecule has 5 nitrogen and oxygen atoms in total. The molecular weight excluding hydrogens is 334 g/mol. The quantitative estimate of drug-likeness (QED) is 0.839. The van der Waals surface area contributed by atoms with Gasteiger partial charge in [0.25, 0.3) is 0 Å². The summed E-state index contributed by atoms with van der Waals surface area (Å²) in [4.78, 5) is 22.5. The number of methoxy groups -OCH3 is 1. The average molecular weight is 353 g/mol. The number of nitrogens with zero attached hydrogens (tertiary/aromatic N) is 3. The second-order valence-corrected chi connectivity index (χ2v) is 7.80. The highest BCUT2D eigenvalue weighted by molar-refractivity contribution is 7.15. The zero-order chi connectivity index (χ0) is 18.2. The number of pyridine rings is 1. The topological polar surface area (TPSA) is 75.9 Å². The van der Waals surface area contributed by atoms with Crippen molar-refractivity contribution in [2.45, 2.75) is 32.8 Å². The number of nitriles is 1. The Labute approximate surface area is 151 Å². The third-order valence-corrected chi connectivity index (χ3v) is 5.82. The molecule has 6 heteroatoms. The molecule has 25 heavy (non-hydrogen) atoms. The van der Waals surface area contributed by atoms with Crippen molar-refractivity contribution < 1.29 is 9.53 Å². The fourth-order valence-corrected chi connectivity index (χ4v) is 4.38. The van der Waals surface area contributed by atoms with Gasteiger partial charge in [-0.05, 0) is 31.6 Å². The van der Waals surface area contributed by atoms with Gasteiger partial charge in [0.2, 0.25) is 0 Å². The van der Waals surface area contributed by atoms with Gasteiger partial charge >= 0.3 is 0 Å². The summed E-state index contributed by atoms with van der Waals surface area (Å²) in [5, 5.41) is 10.1. The van der Waals surface area contributed by atoms with Gasteiger partial charge < -0.3 is 4.74 Å². The molecule has 1 atom stereocenters. The molecule has 0 saturated carbocycles. The smallest absolute Gasteiger partial charge is 0.178 e. The van der Waals surface area contributed by atoms with Crippen molar-refractivity contribution in [2.24, 2.45) is 5.41 Å². The number of carbonyl (C=O) groups excluding carboxylic acids is 1. The molecule has 3 rings (SSSR count). The Bertz CT molecular complexity index is 893. The molecule has 128 valence electrons. The number of ether oxygens (including phenoxy) is 1. The van der Waals surface area contributed by atoms with Crippen LogP contribution < -0.4 is 0 Å². The summed E-state index contributed by atoms with van der Waals surface area (Å²) in [6.45, 7) is 5.61. The zero-order valence-corrected chi connectivity index (χ0v) is 15.5. The summed E-state index contributed by atoms with van der Waals surface area (Å²) in [5.74, 6) is -0.152. The van der Waals surface area contributed by atoms with Crippen molar-refractivity contribution in [3.8, 4) is 16.6 Å². The summed E-state index contributed by atoms with van der Waals surface area (Å²) >= 11 is 1.49. The van der Waals surface area contributed by atoms with E-state index in [0.717, 1.165) is 21.3 Å². The van der Waals surface area contributed by atoms with Gasteiger partial charge in [-0.3, -0.25) is 9.78 Å². The number of thiazole rings is 1. The number of aryl methyl sites for hydroxylation is 1. The average Bonchev–Trinajstić information content (AvgIpc) is 3.00. The van der Waals surface area contributed by atoms with Crippen molar-refractivity contribution in [1.29, 1.82) is 5.26 Å². The molecule has 1 aliphatic carbocycles. The van der Waals surface area contributed by atoms with Crippen molar-refractivity contribution in [3.63, 3.8) is 0 Å². The van der Waals surface area contributed by atoms with Crippen molar-refractivity contribution >= 4 is 17.1 Å². The first kappa shape index (κ1) is 17.5. The number of Topliss-reactive ketones (excluding diaryl/α,β-unsaturated/α-hetero) is 1. The van der Waals surface area contributed by atoms with Crippen LogP contribution in [0.15, 0.2) is 36.0 Å². The molecule has 2 heterocycles. The number of hydrogen-bond donors (Lipinski definition) is 0. The van der Waals surface area contributed by atoms with Crippen LogP contribution in [-0.4, -0.2) is 22.9 Å². The predicted molar refractivity (Wildman–Crippen MR) is 95.9 cm³/mol. The van der Waals surface area contributed by atoms with Crippen molar-refractivity contribution in [1.82, 2.24) is 9.97 Å². The maximum Gasteiger partial charge on any atom is 0.178 e. The van der Waals surface area contributed by atoms with E-state index in [1.807, 2.05) is 45.0 Å². The van der Waals surface area contributed by atoms with Gasteiger partial charge in [0.05, 0.1) is 21.8 Å². The molecule has 1 aliphatic rings. The van der Waals surface area contributed by atoms with Crippen LogP contribution in [0.1, 0.15) is 31.0 Å². The monoisotopic (exact) mass is 353 g/mol. The number of rotatable bonds is 3. The van der Waals surface area contributed by atoms with Crippen LogP contribution in [0.3, 0.4) is 0 Å². The van der Waals surface area contributed by atoms with Crippen LogP contribution in [-0.2, 0) is 15.1 Å². The van der Waals surface area contributed by atoms with Crippen LogP contribution in [0, 0.1) is 23.7 Å². The number of carbonyl (C=O) groups is 1. The van der Waals surface area contributed by atoms with Gasteiger partial charge in [-0.2, -0.15) is 5.26 Å². The minimum atomic E-state index is -0.884. The Kier molecular flexibility index (Phi) is 4.31. The van der Waals surface area contributed by atoms with E-state index in [0.29, 0.717) is 6.42 Å². The maximum absolute atomic E-state index is 12.4. The zero-order valence-electron chi connectivity index (χ0n) is 14.7.